The molecule has 15 nitrogen and oxygen atoms in total. The van der Waals surface area contributed by atoms with Crippen LogP contribution in [0.4, 0.5) is 11.4 Å². The average molecular weight is 744 g/mol. The molecule has 5 rings (SSSR count). The molecule has 2 amide bonds. The zero-order valence-corrected chi connectivity index (χ0v) is 29.4. The highest BCUT2D eigenvalue weighted by Crippen LogP contribution is 2.62. The minimum Gasteiger partial charge on any atom is -0.378 e. The Hall–Kier alpha value is -4.65. The number of anilines is 2. The molecule has 1 saturated heterocycles. The van der Waals surface area contributed by atoms with E-state index in [4.69, 9.17) is 9.57 Å². The van der Waals surface area contributed by atoms with Crippen LogP contribution in [0.25, 0.3) is 0 Å². The number of rotatable bonds is 14. The van der Waals surface area contributed by atoms with Crippen molar-refractivity contribution >= 4 is 61.4 Å². The van der Waals surface area contributed by atoms with E-state index in [1.807, 2.05) is 24.8 Å². The second-order valence-electron chi connectivity index (χ2n) is 12.4. The lowest BCUT2D eigenvalue weighted by Gasteiger charge is -2.28. The Labute approximate surface area is 295 Å². The first-order valence-electron chi connectivity index (χ1n) is 15.8. The highest BCUT2D eigenvalue weighted by molar-refractivity contribution is 8.28. The highest BCUT2D eigenvalue weighted by atomic mass is 32.3. The Morgan fingerprint density at radius 2 is 1.69 bits per heavy atom. The van der Waals surface area contributed by atoms with Gasteiger partial charge in [0.1, 0.15) is 18.1 Å². The zero-order chi connectivity index (χ0) is 37.1. The maximum Gasteiger partial charge on any atom is 0.358 e. The Morgan fingerprint density at radius 1 is 1.00 bits per heavy atom. The van der Waals surface area contributed by atoms with Gasteiger partial charge in [-0.1, -0.05) is 38.1 Å². The maximum absolute atomic E-state index is 12.9. The standard InChI is InChI=1S/C34H37N3O12S2/c1-34(2)25-18-22(35-19-23(38)20-48-21-32(41)49-37-30(39)14-15-31(37)40)12-13-26(25)36(16-7-17-50(43,44)45)29(34)11-6-5-10-28-33(42)24-8-3-4-9-27(24)51(28,46)47/h3-6,8-13,18,35,46-47H,7,14-17,19-21H2,1-2H3,(H,43,44,45)/b6-5+,28-10-,29-11-. The lowest BCUT2D eigenvalue weighted by molar-refractivity contribution is -0.200. The van der Waals surface area contributed by atoms with Gasteiger partial charge in [0, 0.05) is 47.4 Å². The van der Waals surface area contributed by atoms with Crippen molar-refractivity contribution in [3.63, 3.8) is 0 Å². The fourth-order valence-corrected chi connectivity index (χ4v) is 8.06. The largest absolute Gasteiger partial charge is 0.378 e. The lowest BCUT2D eigenvalue weighted by atomic mass is 9.83. The normalized spacial score (nSPS) is 20.0. The molecule has 0 bridgehead atoms. The monoisotopic (exact) mass is 743 g/mol. The number of carbonyl (C=O) groups is 5. The van der Waals surface area contributed by atoms with Crippen LogP contribution in [0.3, 0.4) is 0 Å². The molecule has 17 heteroatoms. The quantitative estimate of drug-likeness (QED) is 0.122. The number of amides is 2. The van der Waals surface area contributed by atoms with Crippen molar-refractivity contribution in [2.75, 3.05) is 42.3 Å². The molecule has 2 aromatic carbocycles. The van der Waals surface area contributed by atoms with Crippen LogP contribution in [0.2, 0.25) is 0 Å². The predicted octanol–water partition coefficient (Wildman–Crippen LogP) is 4.00. The van der Waals surface area contributed by atoms with Crippen LogP contribution in [0.15, 0.2) is 82.3 Å². The molecule has 0 saturated carbocycles. The zero-order valence-electron chi connectivity index (χ0n) is 27.7. The van der Waals surface area contributed by atoms with Crippen molar-refractivity contribution in [2.24, 2.45) is 0 Å². The molecule has 0 spiro atoms. The SMILES string of the molecule is CC1(C)/C(=C/C=C/C=C2/C(=O)c3ccccc3S2(O)O)N(CCCS(=O)(=O)O)c2ccc(NCC(=O)COCC(=O)ON3C(=O)CCC3=O)cc21. The van der Waals surface area contributed by atoms with Crippen LogP contribution < -0.4 is 10.2 Å². The molecule has 3 aliphatic rings. The summed E-state index contributed by atoms with van der Waals surface area (Å²) in [6.07, 6.45) is 6.33. The van der Waals surface area contributed by atoms with Gasteiger partial charge in [-0.25, -0.2) is 4.79 Å². The first-order valence-corrected chi connectivity index (χ1v) is 18.9. The molecule has 2 aromatic rings. The molecule has 0 aliphatic carbocycles. The van der Waals surface area contributed by atoms with Crippen molar-refractivity contribution in [3.8, 4) is 0 Å². The third-order valence-electron chi connectivity index (χ3n) is 8.43. The minimum atomic E-state index is -4.20. The van der Waals surface area contributed by atoms with Crippen LogP contribution in [0.1, 0.15) is 49.0 Å². The number of nitrogens with zero attached hydrogens (tertiary/aromatic N) is 2. The molecular weight excluding hydrogens is 707 g/mol. The number of carbonyl (C=O) groups excluding carboxylic acids is 5. The van der Waals surface area contributed by atoms with Crippen molar-refractivity contribution in [3.05, 3.63) is 88.5 Å². The number of allylic oxidation sites excluding steroid dienone is 6. The fraction of sp³-hybridized carbons (Fsp3) is 0.324. The molecule has 0 unspecified atom stereocenters. The van der Waals surface area contributed by atoms with Crippen molar-refractivity contribution in [1.82, 2.24) is 5.06 Å². The van der Waals surface area contributed by atoms with Crippen LogP contribution in [-0.2, 0) is 44.3 Å². The predicted molar refractivity (Wildman–Crippen MR) is 187 cm³/mol. The van der Waals surface area contributed by atoms with Crippen LogP contribution >= 0.6 is 10.6 Å². The van der Waals surface area contributed by atoms with Gasteiger partial charge in [-0.3, -0.25) is 32.8 Å². The van der Waals surface area contributed by atoms with Gasteiger partial charge in [-0.15, -0.1) is 15.7 Å². The van der Waals surface area contributed by atoms with Gasteiger partial charge in [0.2, 0.25) is 5.78 Å². The minimum absolute atomic E-state index is 0.0483. The molecule has 3 heterocycles. The van der Waals surface area contributed by atoms with Crippen molar-refractivity contribution in [1.29, 1.82) is 0 Å². The summed E-state index contributed by atoms with van der Waals surface area (Å²) in [4.78, 5) is 67.1. The summed E-state index contributed by atoms with van der Waals surface area (Å²) >= 11 is 0. The van der Waals surface area contributed by atoms with Gasteiger partial charge in [0.25, 0.3) is 21.9 Å². The third-order valence-corrected chi connectivity index (χ3v) is 11.1. The molecule has 51 heavy (non-hydrogen) atoms. The summed E-state index contributed by atoms with van der Waals surface area (Å²) in [5.74, 6) is -3.58. The first-order chi connectivity index (χ1) is 24.0. The summed E-state index contributed by atoms with van der Waals surface area (Å²) in [5.41, 5.74) is 2.52. The number of hydroxylamine groups is 2. The highest BCUT2D eigenvalue weighted by Gasteiger charge is 2.41. The Bertz CT molecular complexity index is 1970. The van der Waals surface area contributed by atoms with Gasteiger partial charge < -0.3 is 19.8 Å². The fourth-order valence-electron chi connectivity index (χ4n) is 5.96. The molecule has 3 aliphatic heterocycles. The van der Waals surface area contributed by atoms with E-state index in [0.29, 0.717) is 10.8 Å². The van der Waals surface area contributed by atoms with Gasteiger partial charge in [-0.2, -0.15) is 8.42 Å². The second kappa shape index (κ2) is 14.9. The smallest absolute Gasteiger partial charge is 0.358 e. The summed E-state index contributed by atoms with van der Waals surface area (Å²) in [5, 5.41) is 3.42. The van der Waals surface area contributed by atoms with Gasteiger partial charge in [-0.05, 0) is 54.5 Å². The number of benzene rings is 2. The molecule has 0 atom stereocenters. The van der Waals surface area contributed by atoms with Crippen LogP contribution in [-0.4, -0.2) is 88.5 Å². The van der Waals surface area contributed by atoms with E-state index in [9.17, 15) is 46.0 Å². The summed E-state index contributed by atoms with van der Waals surface area (Å²) in [7, 11) is -7.67. The van der Waals surface area contributed by atoms with E-state index in [1.165, 1.54) is 18.2 Å². The van der Waals surface area contributed by atoms with E-state index in [2.05, 4.69) is 5.32 Å². The average Bonchev–Trinajstić information content (AvgIpc) is 3.56. The Balaban J connectivity index is 1.27. The number of hydrogen-bond donors (Lipinski definition) is 4. The van der Waals surface area contributed by atoms with Crippen molar-refractivity contribution < 1.29 is 55.6 Å². The number of nitrogens with one attached hydrogen (secondary N) is 1. The summed E-state index contributed by atoms with van der Waals surface area (Å²) in [6.45, 7) is 2.89. The van der Waals surface area contributed by atoms with Gasteiger partial charge in [0.05, 0.1) is 17.2 Å². The topological polar surface area (TPSA) is 217 Å². The number of imide groups is 1. The van der Waals surface area contributed by atoms with Gasteiger partial charge >= 0.3 is 5.97 Å². The Kier molecular flexibility index (Phi) is 11.0. The van der Waals surface area contributed by atoms with E-state index in [-0.39, 0.29) is 47.7 Å². The molecule has 1 fully saturated rings. The first kappa shape index (κ1) is 37.6. The van der Waals surface area contributed by atoms with Crippen LogP contribution in [0.5, 0.6) is 0 Å². The van der Waals surface area contributed by atoms with E-state index < -0.39 is 74.4 Å². The third kappa shape index (κ3) is 8.30. The summed E-state index contributed by atoms with van der Waals surface area (Å²) in [6, 6.07) is 11.7. The van der Waals surface area contributed by atoms with Gasteiger partial charge in [0.15, 0.2) is 5.78 Å². The molecule has 0 radical (unpaired) electrons. The van der Waals surface area contributed by atoms with Crippen LogP contribution in [0, 0.1) is 0 Å². The molecule has 0 aromatic heterocycles. The van der Waals surface area contributed by atoms with Crippen molar-refractivity contribution in [2.45, 2.75) is 43.4 Å². The number of ether oxygens (including phenoxy) is 1. The molecular formula is C34H37N3O12S2. The number of hydrogen-bond acceptors (Lipinski definition) is 13. The molecule has 272 valence electrons. The number of ketones is 2. The molecule has 4 N–H and O–H groups in total. The lowest BCUT2D eigenvalue weighted by Crippen LogP contribution is -2.34. The van der Waals surface area contributed by atoms with E-state index in [1.54, 1.807) is 42.5 Å². The number of fused-ring (bicyclic) bond motifs is 2. The maximum atomic E-state index is 12.9. The van der Waals surface area contributed by atoms with E-state index in [0.717, 1.165) is 16.9 Å². The Morgan fingerprint density at radius 3 is 2.37 bits per heavy atom. The number of Topliss-reactive ketones (excluding diaryl/α,β-unsaturated/α-hetero) is 2. The second-order valence-corrected chi connectivity index (χ2v) is 16.0. The van der Waals surface area contributed by atoms with E-state index >= 15 is 0 Å². The summed E-state index contributed by atoms with van der Waals surface area (Å²) < 4.78 is 58.9.